The van der Waals surface area contributed by atoms with Gasteiger partial charge in [-0.05, 0) is 96.9 Å². The predicted molar refractivity (Wildman–Crippen MR) is 184 cm³/mol. The third-order valence-electron chi connectivity index (χ3n) is 8.16. The van der Waals surface area contributed by atoms with E-state index in [9.17, 15) is 4.79 Å². The monoisotopic (exact) mass is 618 g/mol. The lowest BCUT2D eigenvalue weighted by Crippen LogP contribution is -2.39. The Kier molecular flexibility index (Phi) is 10.8. The third-order valence-corrected chi connectivity index (χ3v) is 8.16. The van der Waals surface area contributed by atoms with E-state index >= 15 is 0 Å². The van der Waals surface area contributed by atoms with Crippen LogP contribution in [0, 0.1) is 26.2 Å². The summed E-state index contributed by atoms with van der Waals surface area (Å²) in [6, 6.07) is 10.2. The van der Waals surface area contributed by atoms with Gasteiger partial charge in [0.15, 0.2) is 6.10 Å². The number of rotatable bonds is 11. The van der Waals surface area contributed by atoms with Crippen LogP contribution in [0.5, 0.6) is 5.75 Å². The van der Waals surface area contributed by atoms with Crippen LogP contribution in [-0.4, -0.2) is 53.9 Å². The summed E-state index contributed by atoms with van der Waals surface area (Å²) >= 11 is 0. The van der Waals surface area contributed by atoms with Crippen molar-refractivity contribution >= 4 is 17.5 Å². The van der Waals surface area contributed by atoms with Crippen LogP contribution < -0.4 is 15.0 Å². The molecular weight excluding hydrogens is 564 g/mol. The van der Waals surface area contributed by atoms with Crippen molar-refractivity contribution in [1.82, 2.24) is 9.97 Å². The molecule has 2 aromatic heterocycles. The lowest BCUT2D eigenvalue weighted by molar-refractivity contribution is -0.171. The minimum absolute atomic E-state index is 0. The highest BCUT2D eigenvalue weighted by molar-refractivity contribution is 5.87. The average molecular weight is 619 g/mol. The summed E-state index contributed by atoms with van der Waals surface area (Å²) in [6.07, 6.45) is 4.66. The van der Waals surface area contributed by atoms with Gasteiger partial charge in [0.1, 0.15) is 18.2 Å². The molecule has 1 fully saturated rings. The van der Waals surface area contributed by atoms with E-state index in [1.807, 2.05) is 66.1 Å². The van der Waals surface area contributed by atoms with Crippen molar-refractivity contribution in [3.05, 3.63) is 65.1 Å². The van der Waals surface area contributed by atoms with E-state index in [-0.39, 0.29) is 12.9 Å². The topological polar surface area (TPSA) is 85.8 Å². The van der Waals surface area contributed by atoms with Gasteiger partial charge in [-0.1, -0.05) is 32.0 Å². The maximum atomic E-state index is 13.6. The second-order valence-electron chi connectivity index (χ2n) is 14.2. The molecule has 4 rings (SSSR count). The van der Waals surface area contributed by atoms with Crippen LogP contribution in [0.15, 0.2) is 42.7 Å². The molecule has 8 heteroatoms. The van der Waals surface area contributed by atoms with Gasteiger partial charge in [0.25, 0.3) is 0 Å². The molecule has 0 radical (unpaired) electrons. The molecule has 0 spiro atoms. The predicted octanol–water partition coefficient (Wildman–Crippen LogP) is 8.24. The summed E-state index contributed by atoms with van der Waals surface area (Å²) in [5.74, 6) is 1.30. The van der Waals surface area contributed by atoms with Gasteiger partial charge >= 0.3 is 5.97 Å². The smallest absolute Gasteiger partial charge is 0.340 e. The first kappa shape index (κ1) is 34.2. The van der Waals surface area contributed by atoms with Gasteiger partial charge in [0.2, 0.25) is 0 Å². The van der Waals surface area contributed by atoms with Crippen molar-refractivity contribution in [2.45, 2.75) is 99.9 Å². The fraction of sp³-hybridized carbons (Fsp3) is 0.541. The van der Waals surface area contributed by atoms with Crippen LogP contribution in [0.4, 0.5) is 11.5 Å². The molecule has 1 N–H and O–H groups in total. The Balaban J connectivity index is 0.00000576. The first-order chi connectivity index (χ1) is 21.1. The Morgan fingerprint density at radius 3 is 2.27 bits per heavy atom. The molecule has 0 bridgehead atoms. The van der Waals surface area contributed by atoms with E-state index in [0.29, 0.717) is 13.2 Å². The molecule has 1 aliphatic rings. The summed E-state index contributed by atoms with van der Waals surface area (Å²) in [7, 11) is 0. The molecule has 8 nitrogen and oxygen atoms in total. The highest BCUT2D eigenvalue weighted by Crippen LogP contribution is 2.43. The first-order valence-electron chi connectivity index (χ1n) is 16.2. The highest BCUT2D eigenvalue weighted by atomic mass is 16.6. The molecule has 1 aliphatic heterocycles. The number of hydrogen-bond acceptors (Lipinski definition) is 8. The number of anilines is 2. The van der Waals surface area contributed by atoms with Crippen molar-refractivity contribution in [1.29, 1.82) is 0 Å². The van der Waals surface area contributed by atoms with Crippen molar-refractivity contribution in [2.75, 3.05) is 36.5 Å². The number of aromatic nitrogens is 2. The number of nitrogens with one attached hydrogen (secondary N) is 1. The molecule has 0 unspecified atom stereocenters. The van der Waals surface area contributed by atoms with Crippen LogP contribution in [0.3, 0.4) is 0 Å². The van der Waals surface area contributed by atoms with E-state index in [1.165, 1.54) is 0 Å². The molecule has 0 amide bonds. The molecule has 0 saturated carbocycles. The normalized spacial score (nSPS) is 15.6. The fourth-order valence-electron chi connectivity index (χ4n) is 5.70. The average Bonchev–Trinajstić information content (AvgIpc) is 2.95. The van der Waals surface area contributed by atoms with Crippen molar-refractivity contribution in [2.24, 2.45) is 5.41 Å². The molecule has 1 saturated heterocycles. The van der Waals surface area contributed by atoms with E-state index in [2.05, 4.69) is 56.1 Å². The molecular formula is C37H54N4O4. The summed E-state index contributed by atoms with van der Waals surface area (Å²) in [6.45, 7) is 23.2. The van der Waals surface area contributed by atoms with Crippen molar-refractivity contribution < 1.29 is 20.4 Å². The number of esters is 1. The molecule has 0 aliphatic carbocycles. The first-order valence-corrected chi connectivity index (χ1v) is 16.2. The Morgan fingerprint density at radius 1 is 1.02 bits per heavy atom. The van der Waals surface area contributed by atoms with Gasteiger partial charge in [-0.3, -0.25) is 4.98 Å². The number of piperidine rings is 1. The van der Waals surface area contributed by atoms with Gasteiger partial charge < -0.3 is 24.4 Å². The summed E-state index contributed by atoms with van der Waals surface area (Å²) < 4.78 is 18.3. The Hall–Kier alpha value is -3.65. The lowest BCUT2D eigenvalue weighted by atomic mass is 9.82. The van der Waals surface area contributed by atoms with Crippen LogP contribution in [-0.2, 0) is 14.3 Å². The van der Waals surface area contributed by atoms with Crippen LogP contribution in [0.2, 0.25) is 0 Å². The van der Waals surface area contributed by atoms with Crippen LogP contribution in [0.25, 0.3) is 11.1 Å². The number of carbonyl (C=O) groups excluding carboxylic acids is 1. The third kappa shape index (κ3) is 8.97. The molecule has 3 heterocycles. The zero-order valence-corrected chi connectivity index (χ0v) is 28.9. The lowest BCUT2D eigenvalue weighted by Gasteiger charge is -2.41. The molecule has 3 aromatic rings. The number of pyridine rings is 2. The van der Waals surface area contributed by atoms with Gasteiger partial charge in [0, 0.05) is 49.3 Å². The minimum atomic E-state index is -0.921. The summed E-state index contributed by atoms with van der Waals surface area (Å²) in [4.78, 5) is 25.6. The largest absolute Gasteiger partial charge is 0.491 e. The van der Waals surface area contributed by atoms with Gasteiger partial charge in [0.05, 0.1) is 23.9 Å². The number of carbonyl (C=O) groups is 1. The number of nitrogens with zero attached hydrogens (tertiary/aromatic N) is 3. The Morgan fingerprint density at radius 2 is 1.69 bits per heavy atom. The second kappa shape index (κ2) is 14.2. The van der Waals surface area contributed by atoms with Crippen LogP contribution in [0.1, 0.15) is 91.2 Å². The number of aryl methyl sites for hydroxylation is 3. The summed E-state index contributed by atoms with van der Waals surface area (Å²) in [5.41, 5.74) is 6.27. The maximum absolute atomic E-state index is 13.6. The fourth-order valence-corrected chi connectivity index (χ4v) is 5.70. The number of hydrogen-bond donors (Lipinski definition) is 1. The quantitative estimate of drug-likeness (QED) is 0.170. The highest BCUT2D eigenvalue weighted by Gasteiger charge is 2.37. The van der Waals surface area contributed by atoms with Crippen molar-refractivity contribution in [3.63, 3.8) is 0 Å². The molecule has 1 aromatic carbocycles. The molecule has 246 valence electrons. The van der Waals surface area contributed by atoms with E-state index in [1.54, 1.807) is 0 Å². The summed E-state index contributed by atoms with van der Waals surface area (Å²) in [5, 5.41) is 3.37. The zero-order valence-electron chi connectivity index (χ0n) is 28.9. The molecule has 45 heavy (non-hydrogen) atoms. The van der Waals surface area contributed by atoms with E-state index in [0.717, 1.165) is 76.7 Å². The maximum Gasteiger partial charge on any atom is 0.340 e. The standard InChI is InChI=1S/C37H52N4O4.H2/c1-24(2)44-35(42)34(45-36(6,7)8)31-27(5)39-23-29(32(31)41-19-16-37(9,10)17-20-41)28-14-15-30(40-22-28)38-18-21-43-33-25(3)12-11-13-26(33)4;/h11-15,22-24,34H,16-21H2,1-10H3,(H,38,40);1H/t34-;/m0./s1. The number of para-hydroxylation sites is 1. The van der Waals surface area contributed by atoms with Crippen molar-refractivity contribution in [3.8, 4) is 16.9 Å². The second-order valence-corrected chi connectivity index (χ2v) is 14.2. The number of benzene rings is 1. The van der Waals surface area contributed by atoms with Gasteiger partial charge in [-0.2, -0.15) is 0 Å². The van der Waals surface area contributed by atoms with Gasteiger partial charge in [-0.15, -0.1) is 0 Å². The number of ether oxygens (including phenoxy) is 3. The van der Waals surface area contributed by atoms with E-state index in [4.69, 9.17) is 24.2 Å². The van der Waals surface area contributed by atoms with E-state index < -0.39 is 17.7 Å². The SMILES string of the molecule is Cc1cccc(C)c1OCCNc1ccc(-c2cnc(C)c([C@H](OC(C)(C)C)C(=O)OC(C)C)c2N2CCC(C)(C)CC2)cn1.[HH]. The Labute approximate surface area is 271 Å². The zero-order chi connectivity index (χ0) is 32.9. The molecule has 1 atom stereocenters. The van der Waals surface area contributed by atoms with Gasteiger partial charge in [-0.25, -0.2) is 9.78 Å². The van der Waals surface area contributed by atoms with Crippen LogP contribution >= 0.6 is 0 Å². The minimum Gasteiger partial charge on any atom is -0.491 e. The Bertz CT molecular complexity index is 1440.